The van der Waals surface area contributed by atoms with E-state index in [4.69, 9.17) is 0 Å². The van der Waals surface area contributed by atoms with E-state index in [1.165, 1.54) is 11.3 Å². The van der Waals surface area contributed by atoms with Crippen LogP contribution in [0.1, 0.15) is 15.2 Å². The number of nitrogens with one attached hydrogen (secondary N) is 1. The van der Waals surface area contributed by atoms with Gasteiger partial charge in [0.15, 0.2) is 0 Å². The molecule has 7 heteroatoms. The Hall–Kier alpha value is -1.44. The molecule has 22 heavy (non-hydrogen) atoms. The topological polar surface area (TPSA) is 46.9 Å². The van der Waals surface area contributed by atoms with E-state index in [1.807, 2.05) is 36.5 Å². The number of halogens is 2. The Morgan fingerprint density at radius 1 is 1.27 bits per heavy atom. The van der Waals surface area contributed by atoms with Crippen LogP contribution in [0.4, 0.5) is 5.69 Å². The van der Waals surface area contributed by atoms with E-state index in [-0.39, 0.29) is 5.91 Å². The highest BCUT2D eigenvalue weighted by Crippen LogP contribution is 2.32. The molecular formula is C15H11Br2N3OS. The first-order valence-electron chi connectivity index (χ1n) is 6.44. The van der Waals surface area contributed by atoms with E-state index in [0.717, 1.165) is 13.8 Å². The number of hydrogen-bond acceptors (Lipinski definition) is 3. The maximum Gasteiger partial charge on any atom is 0.265 e. The van der Waals surface area contributed by atoms with Gasteiger partial charge in [-0.2, -0.15) is 5.10 Å². The lowest BCUT2D eigenvalue weighted by Crippen LogP contribution is -2.09. The lowest BCUT2D eigenvalue weighted by molar-refractivity contribution is 0.103. The smallest absolute Gasteiger partial charge is 0.265 e. The lowest BCUT2D eigenvalue weighted by atomic mass is 10.2. The van der Waals surface area contributed by atoms with Crippen LogP contribution < -0.4 is 5.32 Å². The molecule has 0 bridgehead atoms. The average molecular weight is 441 g/mol. The maximum atomic E-state index is 12.2. The van der Waals surface area contributed by atoms with Crippen molar-refractivity contribution in [3.05, 3.63) is 67.5 Å². The molecule has 3 rings (SSSR count). The summed E-state index contributed by atoms with van der Waals surface area (Å²) in [5, 5.41) is 7.12. The molecule has 0 unspecified atom stereocenters. The number of rotatable bonds is 4. The van der Waals surface area contributed by atoms with E-state index in [1.54, 1.807) is 16.9 Å². The monoisotopic (exact) mass is 439 g/mol. The number of carbonyl (C=O) groups is 1. The van der Waals surface area contributed by atoms with Crippen LogP contribution in [0.3, 0.4) is 0 Å². The Balaban J connectivity index is 1.68. The van der Waals surface area contributed by atoms with Gasteiger partial charge < -0.3 is 5.32 Å². The molecule has 0 aliphatic rings. The molecule has 1 aromatic carbocycles. The van der Waals surface area contributed by atoms with Crippen molar-refractivity contribution in [1.82, 2.24) is 9.78 Å². The second kappa shape index (κ2) is 6.76. The van der Waals surface area contributed by atoms with Gasteiger partial charge in [0.2, 0.25) is 0 Å². The molecule has 0 radical (unpaired) electrons. The molecule has 2 aromatic heterocycles. The largest absolute Gasteiger partial charge is 0.319 e. The number of anilines is 1. The summed E-state index contributed by atoms with van der Waals surface area (Å²) in [4.78, 5) is 12.8. The Morgan fingerprint density at radius 3 is 2.73 bits per heavy atom. The fraction of sp³-hybridized carbons (Fsp3) is 0.0667. The number of aromatic nitrogens is 2. The van der Waals surface area contributed by atoms with E-state index < -0.39 is 0 Å². The van der Waals surface area contributed by atoms with Crippen molar-refractivity contribution in [3.8, 4) is 0 Å². The second-order valence-electron chi connectivity index (χ2n) is 4.60. The highest BCUT2D eigenvalue weighted by Gasteiger charge is 2.13. The molecule has 0 spiro atoms. The molecule has 1 N–H and O–H groups in total. The number of nitrogens with zero attached hydrogens (tertiary/aromatic N) is 2. The lowest BCUT2D eigenvalue weighted by Gasteiger charge is -2.01. The quantitative estimate of drug-likeness (QED) is 0.635. The first kappa shape index (κ1) is 15.5. The summed E-state index contributed by atoms with van der Waals surface area (Å²) in [5.74, 6) is -0.143. The standard InChI is InChI=1S/C15H11Br2N3OS/c16-12-6-13(22-14(12)17)15(21)19-11-7-18-20(9-11)8-10-4-2-1-3-5-10/h1-7,9H,8H2,(H,19,21). The van der Waals surface area contributed by atoms with Gasteiger partial charge in [-0.25, -0.2) is 0 Å². The number of thiophene rings is 1. The zero-order valence-corrected chi connectivity index (χ0v) is 15.3. The summed E-state index contributed by atoms with van der Waals surface area (Å²) in [6, 6.07) is 11.8. The Labute approximate surface area is 148 Å². The van der Waals surface area contributed by atoms with Crippen molar-refractivity contribution < 1.29 is 4.79 Å². The van der Waals surface area contributed by atoms with Crippen LogP contribution in [-0.4, -0.2) is 15.7 Å². The van der Waals surface area contributed by atoms with Crippen molar-refractivity contribution >= 4 is 54.8 Å². The zero-order chi connectivity index (χ0) is 15.5. The van der Waals surface area contributed by atoms with Gasteiger partial charge in [-0.1, -0.05) is 30.3 Å². The minimum atomic E-state index is -0.143. The Bertz CT molecular complexity index is 779. The molecule has 112 valence electrons. The van der Waals surface area contributed by atoms with E-state index >= 15 is 0 Å². The molecule has 0 aliphatic heterocycles. The predicted octanol–water partition coefficient (Wildman–Crippen LogP) is 4.77. The summed E-state index contributed by atoms with van der Waals surface area (Å²) >= 11 is 8.15. The zero-order valence-electron chi connectivity index (χ0n) is 11.3. The molecule has 2 heterocycles. The van der Waals surface area contributed by atoms with Crippen LogP contribution in [0.2, 0.25) is 0 Å². The maximum absolute atomic E-state index is 12.2. The predicted molar refractivity (Wildman–Crippen MR) is 95.4 cm³/mol. The van der Waals surface area contributed by atoms with Gasteiger partial charge in [-0.3, -0.25) is 9.48 Å². The molecule has 1 amide bonds. The minimum absolute atomic E-state index is 0.143. The van der Waals surface area contributed by atoms with Crippen molar-refractivity contribution in [1.29, 1.82) is 0 Å². The average Bonchev–Trinajstić information content (AvgIpc) is 3.07. The van der Waals surface area contributed by atoms with E-state index in [9.17, 15) is 4.79 Å². The van der Waals surface area contributed by atoms with Gasteiger partial charge in [0, 0.05) is 10.7 Å². The molecule has 4 nitrogen and oxygen atoms in total. The molecular weight excluding hydrogens is 430 g/mol. The van der Waals surface area contributed by atoms with Gasteiger partial charge in [-0.15, -0.1) is 11.3 Å². The Kier molecular flexibility index (Phi) is 4.75. The number of benzene rings is 1. The van der Waals surface area contributed by atoms with Crippen molar-refractivity contribution in [2.45, 2.75) is 6.54 Å². The highest BCUT2D eigenvalue weighted by atomic mass is 79.9. The minimum Gasteiger partial charge on any atom is -0.319 e. The fourth-order valence-electron chi connectivity index (χ4n) is 1.94. The highest BCUT2D eigenvalue weighted by molar-refractivity contribution is 9.13. The third kappa shape index (κ3) is 3.66. The van der Waals surface area contributed by atoms with Gasteiger partial charge in [0.1, 0.15) is 0 Å². The molecule has 0 saturated carbocycles. The third-order valence-electron chi connectivity index (χ3n) is 2.95. The molecule has 0 saturated heterocycles. The summed E-state index contributed by atoms with van der Waals surface area (Å²) in [6.07, 6.45) is 3.47. The van der Waals surface area contributed by atoms with Crippen molar-refractivity contribution in [2.75, 3.05) is 5.32 Å². The van der Waals surface area contributed by atoms with Crippen molar-refractivity contribution in [2.24, 2.45) is 0 Å². The summed E-state index contributed by atoms with van der Waals surface area (Å²) in [7, 11) is 0. The van der Waals surface area contributed by atoms with Gasteiger partial charge >= 0.3 is 0 Å². The van der Waals surface area contributed by atoms with Crippen LogP contribution in [-0.2, 0) is 6.54 Å². The number of carbonyl (C=O) groups excluding carboxylic acids is 1. The van der Waals surface area contributed by atoms with Crippen LogP contribution in [0, 0.1) is 0 Å². The van der Waals surface area contributed by atoms with Gasteiger partial charge in [-0.05, 0) is 43.5 Å². The van der Waals surface area contributed by atoms with Crippen LogP contribution in [0.5, 0.6) is 0 Å². The summed E-state index contributed by atoms with van der Waals surface area (Å²) < 4.78 is 3.57. The third-order valence-corrected chi connectivity index (χ3v) is 6.20. The van der Waals surface area contributed by atoms with Gasteiger partial charge in [0.25, 0.3) is 5.91 Å². The second-order valence-corrected chi connectivity index (χ2v) is 7.82. The first-order chi connectivity index (χ1) is 10.6. The SMILES string of the molecule is O=C(Nc1cnn(Cc2ccccc2)c1)c1cc(Br)c(Br)s1. The van der Waals surface area contributed by atoms with Crippen LogP contribution in [0.15, 0.2) is 57.1 Å². The van der Waals surface area contributed by atoms with Crippen LogP contribution >= 0.6 is 43.2 Å². The number of amides is 1. The molecule has 0 atom stereocenters. The molecule has 0 aliphatic carbocycles. The Morgan fingerprint density at radius 2 is 2.05 bits per heavy atom. The van der Waals surface area contributed by atoms with Gasteiger partial charge in [0.05, 0.1) is 27.1 Å². The summed E-state index contributed by atoms with van der Waals surface area (Å²) in [5.41, 5.74) is 1.84. The van der Waals surface area contributed by atoms with Crippen LogP contribution in [0.25, 0.3) is 0 Å². The number of hydrogen-bond donors (Lipinski definition) is 1. The first-order valence-corrected chi connectivity index (χ1v) is 8.84. The molecule has 0 fully saturated rings. The van der Waals surface area contributed by atoms with E-state index in [0.29, 0.717) is 17.1 Å². The fourth-order valence-corrected chi connectivity index (χ4v) is 3.87. The molecule has 3 aromatic rings. The van der Waals surface area contributed by atoms with E-state index in [2.05, 4.69) is 42.3 Å². The summed E-state index contributed by atoms with van der Waals surface area (Å²) in [6.45, 7) is 0.673. The van der Waals surface area contributed by atoms with Crippen molar-refractivity contribution in [3.63, 3.8) is 0 Å². The normalized spacial score (nSPS) is 10.6.